The van der Waals surface area contributed by atoms with Gasteiger partial charge >= 0.3 is 0 Å². The lowest BCUT2D eigenvalue weighted by Crippen LogP contribution is -2.57. The lowest BCUT2D eigenvalue weighted by Gasteiger charge is -2.44. The van der Waals surface area contributed by atoms with E-state index in [1.807, 2.05) is 13.8 Å². The second kappa shape index (κ2) is 5.88. The molecule has 7 heteroatoms. The molecule has 2 fully saturated rings. The van der Waals surface area contributed by atoms with Gasteiger partial charge in [-0.2, -0.15) is 0 Å². The standard InChI is InChI=1S/C14H24N2O5/c1-10(2)12(17)15-11-4-6-14(7-5-11)20-8-13(3,9-21-14)16(18)19/h10-11H,4-9H2,1-3H3,(H,15,17). The van der Waals surface area contributed by atoms with Crippen molar-refractivity contribution in [3.05, 3.63) is 10.1 Å². The van der Waals surface area contributed by atoms with Gasteiger partial charge in [0.05, 0.1) is 0 Å². The minimum absolute atomic E-state index is 0.0242. The Morgan fingerprint density at radius 2 is 1.81 bits per heavy atom. The number of ether oxygens (including phenoxy) is 2. The average Bonchev–Trinajstić information content (AvgIpc) is 2.45. The van der Waals surface area contributed by atoms with E-state index in [-0.39, 0.29) is 36.0 Å². The fraction of sp³-hybridized carbons (Fsp3) is 0.929. The van der Waals surface area contributed by atoms with E-state index < -0.39 is 11.3 Å². The van der Waals surface area contributed by atoms with E-state index in [4.69, 9.17) is 9.47 Å². The van der Waals surface area contributed by atoms with Gasteiger partial charge in [-0.15, -0.1) is 0 Å². The molecule has 0 aromatic rings. The predicted molar refractivity (Wildman–Crippen MR) is 75.3 cm³/mol. The zero-order valence-corrected chi connectivity index (χ0v) is 12.9. The molecule has 1 saturated carbocycles. The summed E-state index contributed by atoms with van der Waals surface area (Å²) in [6.07, 6.45) is 2.86. The monoisotopic (exact) mass is 300 g/mol. The van der Waals surface area contributed by atoms with Gasteiger partial charge in [0, 0.05) is 36.6 Å². The van der Waals surface area contributed by atoms with Gasteiger partial charge in [-0.3, -0.25) is 14.9 Å². The molecule has 0 bridgehead atoms. The van der Waals surface area contributed by atoms with Gasteiger partial charge in [-0.05, 0) is 12.8 Å². The zero-order chi connectivity index (χ0) is 15.7. The predicted octanol–water partition coefficient (Wildman–Crippen LogP) is 1.48. The van der Waals surface area contributed by atoms with Crippen LogP contribution >= 0.6 is 0 Å². The third kappa shape index (κ3) is 3.52. The molecule has 0 radical (unpaired) electrons. The summed E-state index contributed by atoms with van der Waals surface area (Å²) >= 11 is 0. The van der Waals surface area contributed by atoms with Gasteiger partial charge in [0.15, 0.2) is 5.79 Å². The summed E-state index contributed by atoms with van der Waals surface area (Å²) in [5.41, 5.74) is -1.16. The Bertz CT molecular complexity index is 406. The molecule has 120 valence electrons. The summed E-state index contributed by atoms with van der Waals surface area (Å²) in [5, 5.41) is 14.0. The molecule has 2 aliphatic rings. The summed E-state index contributed by atoms with van der Waals surface area (Å²) in [5.74, 6) is -0.666. The Balaban J connectivity index is 1.84. The Hall–Kier alpha value is -1.21. The van der Waals surface area contributed by atoms with Crippen molar-refractivity contribution in [1.82, 2.24) is 5.32 Å². The average molecular weight is 300 g/mol. The number of nitrogens with zero attached hydrogens (tertiary/aromatic N) is 1. The molecule has 2 rings (SSSR count). The van der Waals surface area contributed by atoms with E-state index in [1.54, 1.807) is 0 Å². The van der Waals surface area contributed by atoms with Crippen LogP contribution < -0.4 is 5.32 Å². The highest BCUT2D eigenvalue weighted by Crippen LogP contribution is 2.37. The third-order valence-electron chi connectivity index (χ3n) is 4.35. The normalized spacial score (nSPS) is 36.7. The molecular formula is C14H24N2O5. The van der Waals surface area contributed by atoms with Gasteiger partial charge < -0.3 is 14.8 Å². The van der Waals surface area contributed by atoms with E-state index in [1.165, 1.54) is 6.92 Å². The lowest BCUT2D eigenvalue weighted by molar-refractivity contribution is -0.592. The molecule has 1 aliphatic heterocycles. The van der Waals surface area contributed by atoms with Crippen LogP contribution in [0.5, 0.6) is 0 Å². The van der Waals surface area contributed by atoms with Gasteiger partial charge in [0.25, 0.3) is 5.54 Å². The quantitative estimate of drug-likeness (QED) is 0.629. The van der Waals surface area contributed by atoms with Crippen molar-refractivity contribution < 1.29 is 19.2 Å². The molecule has 1 heterocycles. The van der Waals surface area contributed by atoms with Gasteiger partial charge in [0.2, 0.25) is 5.91 Å². The Labute approximate surface area is 124 Å². The number of nitrogens with one attached hydrogen (secondary N) is 1. The van der Waals surface area contributed by atoms with Crippen LogP contribution in [0, 0.1) is 16.0 Å². The van der Waals surface area contributed by atoms with E-state index >= 15 is 0 Å². The van der Waals surface area contributed by atoms with Crippen LogP contribution in [0.1, 0.15) is 46.5 Å². The smallest absolute Gasteiger partial charge is 0.265 e. The van der Waals surface area contributed by atoms with Crippen molar-refractivity contribution in [2.45, 2.75) is 63.8 Å². The zero-order valence-electron chi connectivity index (χ0n) is 12.9. The Morgan fingerprint density at radius 3 is 2.24 bits per heavy atom. The van der Waals surface area contributed by atoms with Crippen LogP contribution in [0.25, 0.3) is 0 Å². The highest BCUT2D eigenvalue weighted by Gasteiger charge is 2.50. The molecule has 0 aromatic heterocycles. The Kier molecular flexibility index (Phi) is 4.53. The SMILES string of the molecule is CC(C)C(=O)NC1CCC2(CC1)OCC(C)([N+](=O)[O-])CO2. The fourth-order valence-corrected chi connectivity index (χ4v) is 2.62. The van der Waals surface area contributed by atoms with Crippen LogP contribution in [0.15, 0.2) is 0 Å². The molecular weight excluding hydrogens is 276 g/mol. The molecule has 1 aliphatic carbocycles. The van der Waals surface area contributed by atoms with Crippen LogP contribution in [0.4, 0.5) is 0 Å². The van der Waals surface area contributed by atoms with Crippen LogP contribution in [0.2, 0.25) is 0 Å². The molecule has 1 amide bonds. The van der Waals surface area contributed by atoms with E-state index in [9.17, 15) is 14.9 Å². The number of hydrogen-bond acceptors (Lipinski definition) is 5. The second-order valence-electron chi connectivity index (χ2n) is 6.68. The molecule has 1 N–H and O–H groups in total. The van der Waals surface area contributed by atoms with Crippen LogP contribution in [0.3, 0.4) is 0 Å². The first-order valence-electron chi connectivity index (χ1n) is 7.49. The topological polar surface area (TPSA) is 90.7 Å². The van der Waals surface area contributed by atoms with Gasteiger partial charge in [0.1, 0.15) is 13.2 Å². The number of carbonyl (C=O) groups excluding carboxylic acids is 1. The largest absolute Gasteiger partial charge is 0.353 e. The maximum Gasteiger partial charge on any atom is 0.265 e. The number of carbonyl (C=O) groups is 1. The minimum atomic E-state index is -1.16. The summed E-state index contributed by atoms with van der Waals surface area (Å²) in [4.78, 5) is 22.3. The molecule has 7 nitrogen and oxygen atoms in total. The van der Waals surface area contributed by atoms with Crippen molar-refractivity contribution >= 4 is 5.91 Å². The molecule has 1 saturated heterocycles. The Morgan fingerprint density at radius 1 is 1.29 bits per heavy atom. The lowest BCUT2D eigenvalue weighted by atomic mass is 9.88. The van der Waals surface area contributed by atoms with Gasteiger partial charge in [-0.25, -0.2) is 0 Å². The maximum atomic E-state index is 11.7. The first kappa shape index (κ1) is 16.2. The van der Waals surface area contributed by atoms with Crippen LogP contribution in [-0.2, 0) is 14.3 Å². The highest BCUT2D eigenvalue weighted by molar-refractivity contribution is 5.78. The number of nitro groups is 1. The number of rotatable bonds is 3. The molecule has 1 spiro atoms. The minimum Gasteiger partial charge on any atom is -0.353 e. The molecule has 0 unspecified atom stereocenters. The highest BCUT2D eigenvalue weighted by atomic mass is 16.7. The third-order valence-corrected chi connectivity index (χ3v) is 4.35. The molecule has 0 aromatic carbocycles. The summed E-state index contributed by atoms with van der Waals surface area (Å²) < 4.78 is 11.4. The van der Waals surface area contributed by atoms with Crippen molar-refractivity contribution in [2.24, 2.45) is 5.92 Å². The van der Waals surface area contributed by atoms with Crippen LogP contribution in [-0.4, -0.2) is 41.4 Å². The summed E-state index contributed by atoms with van der Waals surface area (Å²) in [7, 11) is 0. The molecule has 0 atom stereocenters. The van der Waals surface area contributed by atoms with Gasteiger partial charge in [-0.1, -0.05) is 13.8 Å². The molecule has 21 heavy (non-hydrogen) atoms. The maximum absolute atomic E-state index is 11.7. The summed E-state index contributed by atoms with van der Waals surface area (Å²) in [6, 6.07) is 0.140. The second-order valence-corrected chi connectivity index (χ2v) is 6.68. The van der Waals surface area contributed by atoms with Crippen molar-refractivity contribution in [3.8, 4) is 0 Å². The van der Waals surface area contributed by atoms with E-state index in [0.29, 0.717) is 12.8 Å². The fourth-order valence-electron chi connectivity index (χ4n) is 2.62. The number of amides is 1. The van der Waals surface area contributed by atoms with Crippen molar-refractivity contribution in [2.75, 3.05) is 13.2 Å². The van der Waals surface area contributed by atoms with Crippen molar-refractivity contribution in [3.63, 3.8) is 0 Å². The number of hydrogen-bond donors (Lipinski definition) is 1. The van der Waals surface area contributed by atoms with Crippen molar-refractivity contribution in [1.29, 1.82) is 0 Å². The first-order chi connectivity index (χ1) is 9.76. The van der Waals surface area contributed by atoms with E-state index in [2.05, 4.69) is 5.32 Å². The van der Waals surface area contributed by atoms with E-state index in [0.717, 1.165) is 12.8 Å². The first-order valence-corrected chi connectivity index (χ1v) is 7.49. The summed E-state index contributed by atoms with van der Waals surface area (Å²) in [6.45, 7) is 5.41.